The van der Waals surface area contributed by atoms with E-state index in [2.05, 4.69) is 18.9 Å². The van der Waals surface area contributed by atoms with Crippen LogP contribution in [0.1, 0.15) is 39.0 Å². The van der Waals surface area contributed by atoms with Gasteiger partial charge in [0.1, 0.15) is 0 Å². The van der Waals surface area contributed by atoms with Crippen LogP contribution in [0.25, 0.3) is 0 Å². The monoisotopic (exact) mass is 217 g/mol. The quantitative estimate of drug-likeness (QED) is 0.537. The second-order valence-corrected chi connectivity index (χ2v) is 4.05. The van der Waals surface area contributed by atoms with E-state index in [0.29, 0.717) is 6.61 Å². The molecule has 0 spiro atoms. The molecule has 0 unspecified atom stereocenters. The normalized spacial score (nSPS) is 11.2. The summed E-state index contributed by atoms with van der Waals surface area (Å²) in [5.74, 6) is 0. The van der Waals surface area contributed by atoms with Crippen molar-refractivity contribution >= 4 is 0 Å². The van der Waals surface area contributed by atoms with Gasteiger partial charge in [-0.25, -0.2) is 0 Å². The van der Waals surface area contributed by atoms with Gasteiger partial charge in [-0.1, -0.05) is 13.3 Å². The van der Waals surface area contributed by atoms with Crippen LogP contribution in [-0.2, 0) is 4.74 Å². The summed E-state index contributed by atoms with van der Waals surface area (Å²) in [6.45, 7) is 6.39. The van der Waals surface area contributed by atoms with E-state index in [-0.39, 0.29) is 0 Å². The Bertz CT molecular complexity index is 120. The fraction of sp³-hybridized carbons (Fsp3) is 1.00. The summed E-state index contributed by atoms with van der Waals surface area (Å²) in [5, 5.41) is 8.58. The first-order chi connectivity index (χ1) is 7.31. The number of aliphatic hydroxyl groups is 1. The molecule has 0 bridgehead atoms. The van der Waals surface area contributed by atoms with Gasteiger partial charge < -0.3 is 14.7 Å². The van der Waals surface area contributed by atoms with Crippen molar-refractivity contribution in [3.63, 3.8) is 0 Å². The lowest BCUT2D eigenvalue weighted by Gasteiger charge is -2.15. The molecule has 92 valence electrons. The average molecular weight is 217 g/mol. The van der Waals surface area contributed by atoms with Crippen LogP contribution in [0.4, 0.5) is 0 Å². The molecule has 0 rings (SSSR count). The third-order valence-corrected chi connectivity index (χ3v) is 2.46. The summed E-state index contributed by atoms with van der Waals surface area (Å²) in [5.41, 5.74) is 0. The molecule has 3 heteroatoms. The number of hydrogen-bond acceptors (Lipinski definition) is 3. The number of ether oxygens (including phenoxy) is 1. The van der Waals surface area contributed by atoms with E-state index < -0.39 is 0 Å². The lowest BCUT2D eigenvalue weighted by molar-refractivity contribution is 0.107. The number of unbranched alkanes of at least 4 members (excludes halogenated alkanes) is 3. The van der Waals surface area contributed by atoms with Gasteiger partial charge in [0.2, 0.25) is 0 Å². The molecule has 3 nitrogen and oxygen atoms in total. The standard InChI is InChI=1S/C12H27NO2/c1-3-4-8-13(2)9-12-15-11-7-5-6-10-14/h14H,3-12H2,1-2H3. The zero-order chi connectivity index (χ0) is 11.4. The van der Waals surface area contributed by atoms with Crippen LogP contribution in [0, 0.1) is 0 Å². The SMILES string of the molecule is CCCCN(C)CCOCCCCCO. The first kappa shape index (κ1) is 14.9. The highest BCUT2D eigenvalue weighted by Crippen LogP contribution is 1.95. The highest BCUT2D eigenvalue weighted by atomic mass is 16.5. The lowest BCUT2D eigenvalue weighted by atomic mass is 10.2. The largest absolute Gasteiger partial charge is 0.396 e. The highest BCUT2D eigenvalue weighted by molar-refractivity contribution is 4.50. The van der Waals surface area contributed by atoms with Gasteiger partial charge in [-0.3, -0.25) is 0 Å². The second kappa shape index (κ2) is 12.0. The van der Waals surface area contributed by atoms with Crippen molar-refractivity contribution in [2.45, 2.75) is 39.0 Å². The maximum atomic E-state index is 8.58. The number of hydrogen-bond donors (Lipinski definition) is 1. The van der Waals surface area contributed by atoms with Crippen LogP contribution in [-0.4, -0.2) is 50.0 Å². The summed E-state index contributed by atoms with van der Waals surface area (Å²) in [7, 11) is 2.14. The van der Waals surface area contributed by atoms with E-state index in [4.69, 9.17) is 9.84 Å². The molecule has 0 radical (unpaired) electrons. The molecule has 0 saturated carbocycles. The van der Waals surface area contributed by atoms with Crippen molar-refractivity contribution in [3.8, 4) is 0 Å². The Kier molecular flexibility index (Phi) is 11.9. The van der Waals surface area contributed by atoms with Gasteiger partial charge in [0.15, 0.2) is 0 Å². The van der Waals surface area contributed by atoms with Crippen LogP contribution in [0.15, 0.2) is 0 Å². The lowest BCUT2D eigenvalue weighted by Crippen LogP contribution is -2.24. The van der Waals surface area contributed by atoms with Gasteiger partial charge >= 0.3 is 0 Å². The molecule has 0 aliphatic heterocycles. The maximum Gasteiger partial charge on any atom is 0.0593 e. The van der Waals surface area contributed by atoms with Crippen LogP contribution in [0.3, 0.4) is 0 Å². The first-order valence-electron chi connectivity index (χ1n) is 6.18. The summed E-state index contributed by atoms with van der Waals surface area (Å²) in [6, 6.07) is 0. The van der Waals surface area contributed by atoms with E-state index >= 15 is 0 Å². The topological polar surface area (TPSA) is 32.7 Å². The molecule has 1 N–H and O–H groups in total. The zero-order valence-electron chi connectivity index (χ0n) is 10.4. The molecule has 15 heavy (non-hydrogen) atoms. The Morgan fingerprint density at radius 1 is 1.00 bits per heavy atom. The maximum absolute atomic E-state index is 8.58. The van der Waals surface area contributed by atoms with Gasteiger partial charge in [-0.15, -0.1) is 0 Å². The predicted octanol–water partition coefficient (Wildman–Crippen LogP) is 1.90. The summed E-state index contributed by atoms with van der Waals surface area (Å²) in [6.07, 6.45) is 5.57. The third-order valence-electron chi connectivity index (χ3n) is 2.46. The highest BCUT2D eigenvalue weighted by Gasteiger charge is 1.96. The summed E-state index contributed by atoms with van der Waals surface area (Å²) >= 11 is 0. The fourth-order valence-electron chi connectivity index (χ4n) is 1.35. The average Bonchev–Trinajstić information content (AvgIpc) is 2.25. The third kappa shape index (κ3) is 11.8. The molecule has 0 aromatic heterocycles. The molecule has 0 fully saturated rings. The summed E-state index contributed by atoms with van der Waals surface area (Å²) < 4.78 is 5.51. The van der Waals surface area contributed by atoms with E-state index in [1.54, 1.807) is 0 Å². The molecule has 0 aromatic rings. The molecule has 0 atom stereocenters. The van der Waals surface area contributed by atoms with Gasteiger partial charge in [0, 0.05) is 19.8 Å². The predicted molar refractivity (Wildman–Crippen MR) is 64.2 cm³/mol. The van der Waals surface area contributed by atoms with Crippen molar-refractivity contribution in [1.82, 2.24) is 4.90 Å². The van der Waals surface area contributed by atoms with Gasteiger partial charge in [0.25, 0.3) is 0 Å². The minimum absolute atomic E-state index is 0.305. The Hall–Kier alpha value is -0.120. The molecule has 0 aliphatic carbocycles. The molecule has 0 saturated heterocycles. The molecule has 0 aliphatic rings. The Morgan fingerprint density at radius 3 is 2.47 bits per heavy atom. The number of nitrogens with zero attached hydrogens (tertiary/aromatic N) is 1. The van der Waals surface area contributed by atoms with E-state index in [1.807, 2.05) is 0 Å². The molecular weight excluding hydrogens is 190 g/mol. The molecular formula is C12H27NO2. The first-order valence-corrected chi connectivity index (χ1v) is 6.18. The van der Waals surface area contributed by atoms with Crippen molar-refractivity contribution < 1.29 is 9.84 Å². The molecule has 0 heterocycles. The molecule has 0 amide bonds. The molecule has 0 aromatic carbocycles. The van der Waals surface area contributed by atoms with E-state index in [9.17, 15) is 0 Å². The van der Waals surface area contributed by atoms with Crippen molar-refractivity contribution in [1.29, 1.82) is 0 Å². The van der Waals surface area contributed by atoms with E-state index in [1.165, 1.54) is 19.4 Å². The van der Waals surface area contributed by atoms with Gasteiger partial charge in [-0.2, -0.15) is 0 Å². The second-order valence-electron chi connectivity index (χ2n) is 4.05. The number of aliphatic hydroxyl groups excluding tert-OH is 1. The van der Waals surface area contributed by atoms with Crippen LogP contribution < -0.4 is 0 Å². The minimum atomic E-state index is 0.305. The minimum Gasteiger partial charge on any atom is -0.396 e. The van der Waals surface area contributed by atoms with Crippen LogP contribution in [0.2, 0.25) is 0 Å². The number of rotatable bonds is 11. The Labute approximate surface area is 94.4 Å². The van der Waals surface area contributed by atoms with Gasteiger partial charge in [-0.05, 0) is 39.3 Å². The van der Waals surface area contributed by atoms with Crippen molar-refractivity contribution in [2.75, 3.05) is 40.0 Å². The Balaban J connectivity index is 3.02. The zero-order valence-corrected chi connectivity index (χ0v) is 10.4. The number of likely N-dealkylation sites (N-methyl/N-ethyl adjacent to an activating group) is 1. The fourth-order valence-corrected chi connectivity index (χ4v) is 1.35. The van der Waals surface area contributed by atoms with Crippen LogP contribution in [0.5, 0.6) is 0 Å². The Morgan fingerprint density at radius 2 is 1.80 bits per heavy atom. The van der Waals surface area contributed by atoms with E-state index in [0.717, 1.165) is 39.0 Å². The summed E-state index contributed by atoms with van der Waals surface area (Å²) in [4.78, 5) is 2.32. The van der Waals surface area contributed by atoms with Gasteiger partial charge in [0.05, 0.1) is 6.61 Å². The van der Waals surface area contributed by atoms with Crippen LogP contribution >= 0.6 is 0 Å². The smallest absolute Gasteiger partial charge is 0.0593 e. The van der Waals surface area contributed by atoms with Crippen molar-refractivity contribution in [3.05, 3.63) is 0 Å². The van der Waals surface area contributed by atoms with Crippen molar-refractivity contribution in [2.24, 2.45) is 0 Å².